The number of aliphatic hydroxyl groups is 2. The summed E-state index contributed by atoms with van der Waals surface area (Å²) in [5.41, 5.74) is 0.122. The van der Waals surface area contributed by atoms with E-state index in [0.29, 0.717) is 16.7 Å². The smallest absolute Gasteiger partial charge is 0.265 e. The molecule has 9 heteroatoms. The molecule has 3 aliphatic rings. The summed E-state index contributed by atoms with van der Waals surface area (Å²) in [5.74, 6) is -3.95. The molecule has 202 valence electrons. The van der Waals surface area contributed by atoms with Crippen LogP contribution in [-0.4, -0.2) is 51.5 Å². The van der Waals surface area contributed by atoms with Crippen LogP contribution in [0.15, 0.2) is 46.5 Å². The van der Waals surface area contributed by atoms with E-state index in [-0.39, 0.29) is 53.5 Å². The zero-order valence-corrected chi connectivity index (χ0v) is 22.1. The predicted octanol–water partition coefficient (Wildman–Crippen LogP) is 4.27. The van der Waals surface area contributed by atoms with E-state index in [9.17, 15) is 19.8 Å². The molecule has 1 saturated carbocycles. The molecule has 39 heavy (non-hydrogen) atoms. The first-order chi connectivity index (χ1) is 18.6. The Labute approximate surface area is 224 Å². The number of carbonyl (C=O) groups excluding carboxylic acids is 2. The molecular formula is C30H29FN2O6. The third kappa shape index (κ3) is 3.53. The number of nitrogens with zero attached hydrogens (tertiary/aromatic N) is 2. The Kier molecular flexibility index (Phi) is 5.78. The van der Waals surface area contributed by atoms with E-state index in [4.69, 9.17) is 9.26 Å². The molecule has 1 fully saturated rings. The molecule has 4 atom stereocenters. The van der Waals surface area contributed by atoms with Crippen molar-refractivity contribution in [3.63, 3.8) is 0 Å². The van der Waals surface area contributed by atoms with Crippen LogP contribution in [0.25, 0.3) is 5.76 Å². The van der Waals surface area contributed by atoms with Gasteiger partial charge in [-0.15, -0.1) is 0 Å². The summed E-state index contributed by atoms with van der Waals surface area (Å²) in [6.07, 6.45) is 0.325. The molecule has 6 rings (SSSR count). The molecule has 0 unspecified atom stereocenters. The number of ketones is 2. The van der Waals surface area contributed by atoms with Gasteiger partial charge in [-0.05, 0) is 80.2 Å². The summed E-state index contributed by atoms with van der Waals surface area (Å²) in [7, 11) is 3.51. The first-order valence-corrected chi connectivity index (χ1v) is 12.9. The lowest BCUT2D eigenvalue weighted by atomic mass is 9.57. The van der Waals surface area contributed by atoms with Gasteiger partial charge in [-0.3, -0.25) is 14.5 Å². The molecule has 2 N–H and O–H groups in total. The molecule has 3 aliphatic carbocycles. The van der Waals surface area contributed by atoms with Crippen LogP contribution < -0.4 is 4.74 Å². The maximum atomic E-state index is 15.0. The Balaban J connectivity index is 1.47. The van der Waals surface area contributed by atoms with Gasteiger partial charge in [-0.25, -0.2) is 4.39 Å². The highest BCUT2D eigenvalue weighted by Crippen LogP contribution is 2.55. The van der Waals surface area contributed by atoms with Crippen molar-refractivity contribution < 1.29 is 33.5 Å². The Morgan fingerprint density at radius 1 is 1.15 bits per heavy atom. The predicted molar refractivity (Wildman–Crippen MR) is 139 cm³/mol. The number of Topliss-reactive ketones (excluding diaryl/α,β-unsaturated/α-hetero) is 2. The molecule has 3 aromatic rings. The lowest BCUT2D eigenvalue weighted by Crippen LogP contribution is -2.63. The van der Waals surface area contributed by atoms with E-state index >= 15 is 4.39 Å². The number of carbonyl (C=O) groups is 2. The van der Waals surface area contributed by atoms with E-state index in [0.717, 1.165) is 5.56 Å². The molecule has 1 aromatic heterocycles. The quantitative estimate of drug-likeness (QED) is 0.479. The third-order valence-electron chi connectivity index (χ3n) is 8.60. The van der Waals surface area contributed by atoms with Gasteiger partial charge in [0.2, 0.25) is 11.6 Å². The maximum Gasteiger partial charge on any atom is 0.265 e. The van der Waals surface area contributed by atoms with Crippen molar-refractivity contribution in [2.75, 3.05) is 14.1 Å². The fourth-order valence-electron chi connectivity index (χ4n) is 6.59. The van der Waals surface area contributed by atoms with Crippen molar-refractivity contribution in [2.24, 2.45) is 11.8 Å². The molecule has 8 nitrogen and oxygen atoms in total. The Hall–Kier alpha value is -3.82. The summed E-state index contributed by atoms with van der Waals surface area (Å²) in [4.78, 5) is 29.9. The number of rotatable bonds is 4. The highest BCUT2D eigenvalue weighted by atomic mass is 19.1. The summed E-state index contributed by atoms with van der Waals surface area (Å²) in [6.45, 7) is 3.58. The molecule has 0 amide bonds. The van der Waals surface area contributed by atoms with Crippen molar-refractivity contribution in [3.05, 3.63) is 86.9 Å². The third-order valence-corrected chi connectivity index (χ3v) is 8.60. The van der Waals surface area contributed by atoms with Gasteiger partial charge in [-0.1, -0.05) is 30.3 Å². The van der Waals surface area contributed by atoms with Gasteiger partial charge in [0.1, 0.15) is 23.7 Å². The van der Waals surface area contributed by atoms with Crippen LogP contribution in [0.3, 0.4) is 0 Å². The zero-order chi connectivity index (χ0) is 27.8. The van der Waals surface area contributed by atoms with E-state index in [1.165, 1.54) is 6.07 Å². The summed E-state index contributed by atoms with van der Waals surface area (Å²) < 4.78 is 26.5. The molecule has 0 spiro atoms. The second-order valence-corrected chi connectivity index (χ2v) is 11.0. The number of hydrogen-bond donors (Lipinski definition) is 2. The molecule has 2 aromatic carbocycles. The molecule has 0 bridgehead atoms. The van der Waals surface area contributed by atoms with Gasteiger partial charge < -0.3 is 19.5 Å². The van der Waals surface area contributed by atoms with Crippen LogP contribution in [0.2, 0.25) is 0 Å². The minimum atomic E-state index is -2.48. The Bertz CT molecular complexity index is 1560. The lowest BCUT2D eigenvalue weighted by Gasteiger charge is -2.49. The largest absolute Gasteiger partial charge is 0.507 e. The van der Waals surface area contributed by atoms with Crippen LogP contribution in [0.4, 0.5) is 4.39 Å². The van der Waals surface area contributed by atoms with Gasteiger partial charge in [-0.2, -0.15) is 0 Å². The normalized spacial score (nSPS) is 25.8. The molecular weight excluding hydrogens is 503 g/mol. The van der Waals surface area contributed by atoms with Crippen molar-refractivity contribution in [2.45, 2.75) is 44.9 Å². The molecule has 1 heterocycles. The second kappa shape index (κ2) is 8.86. The first kappa shape index (κ1) is 25.5. The number of ether oxygens (including phenoxy) is 1. The topological polar surface area (TPSA) is 113 Å². The highest BCUT2D eigenvalue weighted by molar-refractivity contribution is 6.26. The van der Waals surface area contributed by atoms with Crippen molar-refractivity contribution in [3.8, 4) is 5.88 Å². The van der Waals surface area contributed by atoms with Crippen molar-refractivity contribution in [1.82, 2.24) is 10.1 Å². The summed E-state index contributed by atoms with van der Waals surface area (Å²) in [5, 5.41) is 27.4. The number of halogens is 1. The van der Waals surface area contributed by atoms with Crippen molar-refractivity contribution in [1.29, 1.82) is 0 Å². The fraction of sp³-hybridized carbons (Fsp3) is 0.367. The summed E-state index contributed by atoms with van der Waals surface area (Å²) >= 11 is 0. The Morgan fingerprint density at radius 2 is 1.87 bits per heavy atom. The minimum Gasteiger partial charge on any atom is -0.507 e. The van der Waals surface area contributed by atoms with Crippen LogP contribution in [0.1, 0.15) is 56.4 Å². The zero-order valence-electron chi connectivity index (χ0n) is 22.1. The van der Waals surface area contributed by atoms with Gasteiger partial charge in [0.25, 0.3) is 5.88 Å². The number of aryl methyl sites for hydroxylation is 1. The first-order valence-electron chi connectivity index (χ1n) is 12.9. The minimum absolute atomic E-state index is 0.0353. The standard InChI is InChI=1S/C30H29FN2O6/c1-14-10-20(31)18-11-17-12-19-24(33(3)4)26-23(29(32-39-26)38-13-16-8-6-5-7-9-16)28(36)30(19,37)27(35)22(17)25(34)21(18)15(14)2/h5-10,17,19,24,34,37H,11-13H2,1-4H3/t17-,19-,24-,30-/m0/s1. The van der Waals surface area contributed by atoms with Gasteiger partial charge in [0.05, 0.1) is 6.04 Å². The van der Waals surface area contributed by atoms with Gasteiger partial charge in [0.15, 0.2) is 11.4 Å². The fourth-order valence-corrected chi connectivity index (χ4v) is 6.59. The van der Waals surface area contributed by atoms with E-state index in [1.807, 2.05) is 30.3 Å². The summed E-state index contributed by atoms with van der Waals surface area (Å²) in [6, 6.07) is 10.0. The number of benzene rings is 2. The van der Waals surface area contributed by atoms with Crippen LogP contribution in [0, 0.1) is 31.5 Å². The Morgan fingerprint density at radius 3 is 2.56 bits per heavy atom. The number of aliphatic hydroxyl groups excluding tert-OH is 1. The molecule has 0 aliphatic heterocycles. The molecule has 0 saturated heterocycles. The van der Waals surface area contributed by atoms with Gasteiger partial charge >= 0.3 is 0 Å². The SMILES string of the molecule is Cc1cc(F)c2c(c1C)C(O)=C1C(=O)[C@]3(O)C(=O)c4c(OCc5ccccc5)noc4[C@@H](N(C)C)[C@@H]3C[C@@H]1C2. The van der Waals surface area contributed by atoms with E-state index in [1.54, 1.807) is 32.8 Å². The van der Waals surface area contributed by atoms with E-state index < -0.39 is 40.9 Å². The van der Waals surface area contributed by atoms with Crippen LogP contribution in [-0.2, 0) is 17.8 Å². The average molecular weight is 533 g/mol. The maximum absolute atomic E-state index is 15.0. The number of hydrogen-bond acceptors (Lipinski definition) is 8. The lowest BCUT2D eigenvalue weighted by molar-refractivity contribution is -0.142. The average Bonchev–Trinajstić information content (AvgIpc) is 3.32. The van der Waals surface area contributed by atoms with Gasteiger partial charge in [0, 0.05) is 17.1 Å². The van der Waals surface area contributed by atoms with Crippen molar-refractivity contribution >= 4 is 17.3 Å². The van der Waals surface area contributed by atoms with Crippen LogP contribution in [0.5, 0.6) is 5.88 Å². The van der Waals surface area contributed by atoms with Crippen LogP contribution >= 0.6 is 0 Å². The number of fused-ring (bicyclic) bond motifs is 4. The van der Waals surface area contributed by atoms with E-state index in [2.05, 4.69) is 5.16 Å². The second-order valence-electron chi connectivity index (χ2n) is 11.0. The number of aromatic nitrogens is 1. The highest BCUT2D eigenvalue weighted by Gasteiger charge is 2.65. The monoisotopic (exact) mass is 532 g/mol. The molecule has 0 radical (unpaired) electrons.